The quantitative estimate of drug-likeness (QED) is 0.0472. The van der Waals surface area contributed by atoms with Crippen LogP contribution in [-0.2, 0) is 29.9 Å². The summed E-state index contributed by atoms with van der Waals surface area (Å²) < 4.78 is 33.0. The second kappa shape index (κ2) is 29.2. The molecular weight excluding hydrogens is 803 g/mol. The van der Waals surface area contributed by atoms with Gasteiger partial charge in [0.15, 0.2) is 0 Å². The molecule has 0 fully saturated rings. The van der Waals surface area contributed by atoms with Gasteiger partial charge in [-0.05, 0) is 113 Å². The van der Waals surface area contributed by atoms with Crippen molar-refractivity contribution >= 4 is 6.08 Å². The zero-order valence-electron chi connectivity index (χ0n) is 36.3. The van der Waals surface area contributed by atoms with E-state index < -0.39 is 0 Å². The zero-order chi connectivity index (χ0) is 41.3. The van der Waals surface area contributed by atoms with Gasteiger partial charge in [-0.25, -0.2) is 0 Å². The molecule has 316 valence electrons. The Bertz CT molecular complexity index is 1600. The Morgan fingerprint density at radius 2 is 0.930 bits per heavy atom. The van der Waals surface area contributed by atoms with Gasteiger partial charge < -0.3 is 28.4 Å². The first-order valence-corrected chi connectivity index (χ1v) is 20.1. The van der Waals surface area contributed by atoms with E-state index in [0.717, 1.165) is 41.4 Å². The van der Waals surface area contributed by atoms with Crippen molar-refractivity contribution < 1.29 is 48.8 Å². The van der Waals surface area contributed by atoms with Gasteiger partial charge in [-0.2, -0.15) is 0 Å². The molecule has 0 aliphatic heterocycles. The number of hydrogen-bond acceptors (Lipinski definition) is 6. The van der Waals surface area contributed by atoms with Crippen molar-refractivity contribution in [3.8, 4) is 23.0 Å². The van der Waals surface area contributed by atoms with E-state index in [1.54, 1.807) is 20.3 Å². The maximum Gasteiger partial charge on any atom is 0.122 e. The Morgan fingerprint density at radius 1 is 0.509 bits per heavy atom. The molecule has 0 heterocycles. The molecule has 0 aromatic heterocycles. The SMILES string of the molecule is C=COCCOc1ccc(C(C)C)cc1.C=Cc1ccc(OC)cc1.COc1ccc(C(CC(C)C)CC(OCCOc2ccc(C(C)C)cc2)C(C)C)cc1.[Pd]. The molecule has 0 saturated carbocycles. The zero-order valence-corrected chi connectivity index (χ0v) is 37.8. The van der Waals surface area contributed by atoms with Crippen molar-refractivity contribution in [1.29, 1.82) is 0 Å². The minimum Gasteiger partial charge on any atom is -0.498 e. The summed E-state index contributed by atoms with van der Waals surface area (Å²) in [5.41, 5.74) is 5.13. The van der Waals surface area contributed by atoms with Crippen LogP contribution in [0.25, 0.3) is 6.08 Å². The third-order valence-corrected chi connectivity index (χ3v) is 9.32. The number of hydrogen-bond donors (Lipinski definition) is 0. The van der Waals surface area contributed by atoms with E-state index in [1.165, 1.54) is 23.0 Å². The van der Waals surface area contributed by atoms with Crippen LogP contribution >= 0.6 is 0 Å². The molecule has 4 rings (SSSR count). The summed E-state index contributed by atoms with van der Waals surface area (Å²) in [4.78, 5) is 0. The summed E-state index contributed by atoms with van der Waals surface area (Å²) >= 11 is 0. The van der Waals surface area contributed by atoms with Crippen LogP contribution in [0.5, 0.6) is 23.0 Å². The predicted molar refractivity (Wildman–Crippen MR) is 236 cm³/mol. The van der Waals surface area contributed by atoms with E-state index in [2.05, 4.69) is 129 Å². The monoisotopic (exact) mass is 872 g/mol. The maximum absolute atomic E-state index is 6.32. The summed E-state index contributed by atoms with van der Waals surface area (Å²) in [6, 6.07) is 32.8. The molecule has 0 radical (unpaired) electrons. The van der Waals surface area contributed by atoms with Gasteiger partial charge in [-0.1, -0.05) is 123 Å². The van der Waals surface area contributed by atoms with E-state index in [0.29, 0.717) is 56.0 Å². The summed E-state index contributed by atoms with van der Waals surface area (Å²) in [6.45, 7) is 27.2. The molecule has 0 aliphatic carbocycles. The largest absolute Gasteiger partial charge is 0.498 e. The molecule has 6 nitrogen and oxygen atoms in total. The third kappa shape index (κ3) is 20.8. The molecule has 0 spiro atoms. The molecule has 0 saturated heterocycles. The van der Waals surface area contributed by atoms with Gasteiger partial charge in [0, 0.05) is 20.4 Å². The van der Waals surface area contributed by atoms with Crippen LogP contribution in [0, 0.1) is 11.8 Å². The molecule has 0 amide bonds. The van der Waals surface area contributed by atoms with Crippen molar-refractivity contribution in [2.24, 2.45) is 11.8 Å². The third-order valence-electron chi connectivity index (χ3n) is 9.32. The summed E-state index contributed by atoms with van der Waals surface area (Å²) in [7, 11) is 3.37. The average molecular weight is 874 g/mol. The van der Waals surface area contributed by atoms with E-state index in [-0.39, 0.29) is 26.5 Å². The predicted octanol–water partition coefficient (Wildman–Crippen LogP) is 13.1. The van der Waals surface area contributed by atoms with Crippen LogP contribution < -0.4 is 18.9 Å². The summed E-state index contributed by atoms with van der Waals surface area (Å²) in [5.74, 6) is 6.24. The van der Waals surface area contributed by atoms with Gasteiger partial charge in [0.1, 0.15) is 42.8 Å². The van der Waals surface area contributed by atoms with Gasteiger partial charge >= 0.3 is 0 Å². The van der Waals surface area contributed by atoms with Crippen LogP contribution in [0.4, 0.5) is 0 Å². The minimum absolute atomic E-state index is 0. The second-order valence-electron chi connectivity index (χ2n) is 15.1. The van der Waals surface area contributed by atoms with Gasteiger partial charge in [-0.3, -0.25) is 0 Å². The molecule has 0 aliphatic rings. The topological polar surface area (TPSA) is 55.4 Å². The van der Waals surface area contributed by atoms with Crippen LogP contribution in [0.2, 0.25) is 0 Å². The molecule has 0 N–H and O–H groups in total. The number of ether oxygens (including phenoxy) is 6. The number of benzene rings is 4. The van der Waals surface area contributed by atoms with Gasteiger partial charge in [-0.15, -0.1) is 0 Å². The Labute approximate surface area is 359 Å². The standard InChI is InChI=1S/C28H42O3.C13H18O2.C9H10O.Pd/c1-20(2)18-25(24-10-12-26(29-7)13-11-24)19-28(22(5)6)31-17-16-30-27-14-8-23(9-15-27)21(3)4;1-4-14-9-10-15-13-7-5-12(6-8-13)11(2)3;1-3-8-4-6-9(10-2)7-5-8;/h8-15,20-22,25,28H,16-19H2,1-7H3;4-8,11H,1,9-10H2,2-3H3;3-7H,1H2,2H3;. The van der Waals surface area contributed by atoms with Crippen molar-refractivity contribution in [1.82, 2.24) is 0 Å². The van der Waals surface area contributed by atoms with Crippen molar-refractivity contribution in [2.75, 3.05) is 40.6 Å². The van der Waals surface area contributed by atoms with E-state index in [1.807, 2.05) is 36.4 Å². The van der Waals surface area contributed by atoms with Crippen molar-refractivity contribution in [3.05, 3.63) is 139 Å². The Balaban J connectivity index is 0.000000513. The fourth-order valence-electron chi connectivity index (χ4n) is 5.91. The second-order valence-corrected chi connectivity index (χ2v) is 15.1. The van der Waals surface area contributed by atoms with Crippen LogP contribution in [0.1, 0.15) is 108 Å². The van der Waals surface area contributed by atoms with Gasteiger partial charge in [0.25, 0.3) is 0 Å². The fourth-order valence-corrected chi connectivity index (χ4v) is 5.91. The molecule has 4 aromatic rings. The van der Waals surface area contributed by atoms with Gasteiger partial charge in [0.2, 0.25) is 0 Å². The normalized spacial score (nSPS) is 11.6. The molecule has 0 bridgehead atoms. The molecule has 4 aromatic carbocycles. The molecule has 2 atom stereocenters. The van der Waals surface area contributed by atoms with Crippen molar-refractivity contribution in [3.63, 3.8) is 0 Å². The van der Waals surface area contributed by atoms with Crippen LogP contribution in [0.15, 0.2) is 116 Å². The molecule has 2 unspecified atom stereocenters. The fraction of sp³-hybridized carbons (Fsp3) is 0.440. The Hall–Kier alpha value is -4.02. The Kier molecular flexibility index (Phi) is 26.2. The first-order valence-electron chi connectivity index (χ1n) is 20.1. The first-order chi connectivity index (χ1) is 26.9. The van der Waals surface area contributed by atoms with Crippen LogP contribution in [0.3, 0.4) is 0 Å². The van der Waals surface area contributed by atoms with E-state index in [9.17, 15) is 0 Å². The van der Waals surface area contributed by atoms with Crippen molar-refractivity contribution in [2.45, 2.75) is 92.1 Å². The molecule has 7 heteroatoms. The molecule has 57 heavy (non-hydrogen) atoms. The van der Waals surface area contributed by atoms with E-state index in [4.69, 9.17) is 28.4 Å². The maximum atomic E-state index is 6.32. The minimum atomic E-state index is 0. The Morgan fingerprint density at radius 3 is 1.32 bits per heavy atom. The van der Waals surface area contributed by atoms with Gasteiger partial charge in [0.05, 0.1) is 33.2 Å². The number of methoxy groups -OCH3 is 2. The summed E-state index contributed by atoms with van der Waals surface area (Å²) in [6.07, 6.45) is 5.60. The smallest absolute Gasteiger partial charge is 0.122 e. The number of rotatable bonds is 21. The first kappa shape index (κ1) is 51.0. The summed E-state index contributed by atoms with van der Waals surface area (Å²) in [5, 5.41) is 0. The van der Waals surface area contributed by atoms with Crippen LogP contribution in [-0.4, -0.2) is 46.8 Å². The van der Waals surface area contributed by atoms with E-state index >= 15 is 0 Å². The average Bonchev–Trinajstić information content (AvgIpc) is 3.21. The molecular formula is C50H70O6Pd.